The zero-order chi connectivity index (χ0) is 9.80. The number of rotatable bonds is 3. The molecule has 1 saturated heterocycles. The van der Waals surface area contributed by atoms with Crippen LogP contribution in [0, 0.1) is 5.92 Å². The van der Waals surface area contributed by atoms with Crippen LogP contribution in [0.1, 0.15) is 38.5 Å². The lowest BCUT2D eigenvalue weighted by Gasteiger charge is -2.30. The van der Waals surface area contributed by atoms with Crippen LogP contribution in [-0.4, -0.2) is 30.6 Å². The Bertz CT molecular complexity index is 161. The summed E-state index contributed by atoms with van der Waals surface area (Å²) in [4.78, 5) is 2.67. The molecule has 3 heteroatoms. The molecule has 2 aliphatic rings. The minimum Gasteiger partial charge on any atom is -0.303 e. The molecular weight excluding hydrogens is 287 g/mol. The zero-order valence-electron chi connectivity index (χ0n) is 8.84. The molecule has 14 heavy (non-hydrogen) atoms. The van der Waals surface area contributed by atoms with Crippen LogP contribution in [0.3, 0.4) is 0 Å². The molecule has 0 radical (unpaired) electrons. The van der Waals surface area contributed by atoms with Crippen molar-refractivity contribution in [3.63, 3.8) is 0 Å². The molecule has 1 heterocycles. The van der Waals surface area contributed by atoms with Gasteiger partial charge in [-0.05, 0) is 57.5 Å². The zero-order valence-corrected chi connectivity index (χ0v) is 11.0. The maximum absolute atomic E-state index is 3.37. The lowest BCUT2D eigenvalue weighted by Crippen LogP contribution is -2.33. The minimum absolute atomic E-state index is 0.797. The van der Waals surface area contributed by atoms with Crippen LogP contribution in [0.2, 0.25) is 0 Å². The van der Waals surface area contributed by atoms with Crippen molar-refractivity contribution < 1.29 is 0 Å². The molecule has 1 aliphatic heterocycles. The van der Waals surface area contributed by atoms with E-state index in [0.29, 0.717) is 0 Å². The van der Waals surface area contributed by atoms with Gasteiger partial charge in [-0.2, -0.15) is 0 Å². The molecule has 0 bridgehead atoms. The Morgan fingerprint density at radius 3 is 2.29 bits per heavy atom. The van der Waals surface area contributed by atoms with E-state index in [4.69, 9.17) is 0 Å². The largest absolute Gasteiger partial charge is 0.303 e. The third kappa shape index (κ3) is 3.07. The number of likely N-dealkylation sites (tertiary alicyclic amines) is 1. The van der Waals surface area contributed by atoms with E-state index < -0.39 is 0 Å². The average molecular weight is 308 g/mol. The summed E-state index contributed by atoms with van der Waals surface area (Å²) in [5.41, 5.74) is 0. The summed E-state index contributed by atoms with van der Waals surface area (Å²) >= 11 is 2.30. The Morgan fingerprint density at radius 1 is 1.07 bits per heavy atom. The van der Waals surface area contributed by atoms with Gasteiger partial charge in [0.2, 0.25) is 0 Å². The van der Waals surface area contributed by atoms with Gasteiger partial charge in [-0.3, -0.25) is 3.53 Å². The summed E-state index contributed by atoms with van der Waals surface area (Å²) in [6.45, 7) is 4.11. The first-order chi connectivity index (χ1) is 6.88. The van der Waals surface area contributed by atoms with E-state index in [1.54, 1.807) is 0 Å². The van der Waals surface area contributed by atoms with E-state index in [9.17, 15) is 0 Å². The van der Waals surface area contributed by atoms with Crippen molar-refractivity contribution in [2.45, 2.75) is 44.6 Å². The lowest BCUT2D eigenvalue weighted by molar-refractivity contribution is 0.222. The molecule has 0 aromatic carbocycles. The van der Waals surface area contributed by atoms with Gasteiger partial charge in [0.1, 0.15) is 0 Å². The third-order valence-electron chi connectivity index (χ3n) is 3.72. The first kappa shape index (κ1) is 11.1. The number of nitrogens with zero attached hydrogens (tertiary/aromatic N) is 1. The summed E-state index contributed by atoms with van der Waals surface area (Å²) in [6.07, 6.45) is 8.53. The van der Waals surface area contributed by atoms with Crippen LogP contribution in [-0.2, 0) is 0 Å². The van der Waals surface area contributed by atoms with E-state index in [1.807, 2.05) is 0 Å². The highest BCUT2D eigenvalue weighted by molar-refractivity contribution is 14.1. The smallest absolute Gasteiger partial charge is 0.0172 e. The maximum Gasteiger partial charge on any atom is 0.0172 e. The molecule has 1 aliphatic carbocycles. The van der Waals surface area contributed by atoms with Gasteiger partial charge in [-0.1, -0.05) is 0 Å². The predicted molar refractivity (Wildman–Crippen MR) is 68.6 cm³/mol. The molecule has 0 atom stereocenters. The third-order valence-corrected chi connectivity index (χ3v) is 4.60. The van der Waals surface area contributed by atoms with Crippen LogP contribution in [0.15, 0.2) is 0 Å². The Morgan fingerprint density at radius 2 is 1.71 bits per heavy atom. The van der Waals surface area contributed by atoms with Crippen LogP contribution in [0.25, 0.3) is 0 Å². The Labute approximate surface area is 101 Å². The highest BCUT2D eigenvalue weighted by Crippen LogP contribution is 2.26. The second kappa shape index (κ2) is 5.66. The van der Waals surface area contributed by atoms with Crippen molar-refractivity contribution in [1.29, 1.82) is 0 Å². The fourth-order valence-corrected chi connectivity index (χ4v) is 3.41. The summed E-state index contributed by atoms with van der Waals surface area (Å²) in [6, 6.07) is 0.797. The van der Waals surface area contributed by atoms with Gasteiger partial charge < -0.3 is 4.90 Å². The summed E-state index contributed by atoms with van der Waals surface area (Å²) in [7, 11) is 0. The van der Waals surface area contributed by atoms with Gasteiger partial charge in [-0.25, -0.2) is 0 Å². The van der Waals surface area contributed by atoms with Crippen molar-refractivity contribution in [3.8, 4) is 0 Å². The maximum atomic E-state index is 3.37. The molecule has 0 unspecified atom stereocenters. The van der Waals surface area contributed by atoms with Gasteiger partial charge in [0.05, 0.1) is 0 Å². The van der Waals surface area contributed by atoms with Crippen molar-refractivity contribution in [2.75, 3.05) is 19.6 Å². The Kier molecular flexibility index (Phi) is 4.50. The van der Waals surface area contributed by atoms with E-state index in [0.717, 1.165) is 12.0 Å². The molecule has 2 nitrogen and oxygen atoms in total. The molecule has 0 aromatic rings. The minimum atomic E-state index is 0.797. The highest BCUT2D eigenvalue weighted by atomic mass is 127. The molecule has 82 valence electrons. The second-order valence-electron chi connectivity index (χ2n) is 4.83. The van der Waals surface area contributed by atoms with E-state index in [2.05, 4.69) is 31.3 Å². The van der Waals surface area contributed by atoms with Gasteiger partial charge in [-0.15, -0.1) is 0 Å². The summed E-state index contributed by atoms with van der Waals surface area (Å²) in [5.74, 6) is 0.995. The van der Waals surface area contributed by atoms with E-state index in [1.165, 1.54) is 58.2 Å². The molecule has 1 N–H and O–H groups in total. The molecular formula is C11H21IN2. The fourth-order valence-electron chi connectivity index (χ4n) is 2.78. The van der Waals surface area contributed by atoms with Gasteiger partial charge in [0.15, 0.2) is 0 Å². The van der Waals surface area contributed by atoms with Crippen molar-refractivity contribution in [2.24, 2.45) is 5.92 Å². The molecule has 0 spiro atoms. The predicted octanol–water partition coefficient (Wildman–Crippen LogP) is 2.58. The normalized spacial score (nSPS) is 34.9. The van der Waals surface area contributed by atoms with Crippen LogP contribution in [0.5, 0.6) is 0 Å². The van der Waals surface area contributed by atoms with Crippen molar-refractivity contribution >= 4 is 22.9 Å². The first-order valence-electron chi connectivity index (χ1n) is 5.97. The van der Waals surface area contributed by atoms with Crippen LogP contribution in [0.4, 0.5) is 0 Å². The molecule has 2 fully saturated rings. The Balaban J connectivity index is 1.67. The monoisotopic (exact) mass is 308 g/mol. The number of halogens is 1. The van der Waals surface area contributed by atoms with Gasteiger partial charge in [0.25, 0.3) is 0 Å². The van der Waals surface area contributed by atoms with Crippen molar-refractivity contribution in [3.05, 3.63) is 0 Å². The summed E-state index contributed by atoms with van der Waals surface area (Å²) < 4.78 is 3.37. The molecule has 0 amide bonds. The van der Waals surface area contributed by atoms with Crippen LogP contribution < -0.4 is 3.53 Å². The molecule has 2 rings (SSSR count). The van der Waals surface area contributed by atoms with Crippen molar-refractivity contribution in [1.82, 2.24) is 8.43 Å². The Hall–Kier alpha value is 0.650. The van der Waals surface area contributed by atoms with Gasteiger partial charge >= 0.3 is 0 Å². The molecule has 0 aromatic heterocycles. The first-order valence-corrected chi connectivity index (χ1v) is 7.05. The van der Waals surface area contributed by atoms with Gasteiger partial charge in [0, 0.05) is 35.5 Å². The fraction of sp³-hybridized carbons (Fsp3) is 1.00. The van der Waals surface area contributed by atoms with E-state index >= 15 is 0 Å². The quantitative estimate of drug-likeness (QED) is 0.637. The van der Waals surface area contributed by atoms with E-state index in [-0.39, 0.29) is 0 Å². The molecule has 1 saturated carbocycles. The number of hydrogen-bond donors (Lipinski definition) is 1. The van der Waals surface area contributed by atoms with Crippen LogP contribution >= 0.6 is 22.9 Å². The summed E-state index contributed by atoms with van der Waals surface area (Å²) in [5, 5.41) is 0. The topological polar surface area (TPSA) is 15.3 Å². The highest BCUT2D eigenvalue weighted by Gasteiger charge is 2.23. The standard InChI is InChI=1S/C11H21IN2/c12-13-11-5-3-10(4-6-11)9-14-7-1-2-8-14/h10-11,13H,1-9H2. The lowest BCUT2D eigenvalue weighted by atomic mass is 9.86. The second-order valence-corrected chi connectivity index (χ2v) is 5.46. The SMILES string of the molecule is INC1CCC(CN2CCCC2)CC1. The average Bonchev–Trinajstić information content (AvgIpc) is 2.72. The number of nitrogens with one attached hydrogen (secondary N) is 1. The number of hydrogen-bond acceptors (Lipinski definition) is 2.